The Balaban J connectivity index is 1.87. The fourth-order valence-corrected chi connectivity index (χ4v) is 9.55. The number of rotatable bonds is 9. The van der Waals surface area contributed by atoms with Crippen molar-refractivity contribution in [3.05, 3.63) is 23.5 Å². The number of ether oxygens (including phenoxy) is 7. The standard InChI is InChI=1S/C43H74ClN3O12/c1-15-31-43(10,52)36(48)27(6)47(13)22-23(2)19-41(8,51)38(59-40-35(30(46(11)12)18-24(3)54-40)56-29-16-17-32(44)45-21-29)25(4)34(26(5)39(50)57-31)58-33-20-42(9,53-14)37(49)28(7)55-33/h16-17,21,23-28,30-31,33-38,40,48-49,51-52H,15,18-20,22H2,1-14H3/t23-,24-,25+,26-,27-,28+,30+,31-,33+,34+,35-,36-,37+,38-,40+,41-,42-,43-/m1/s1. The summed E-state index contributed by atoms with van der Waals surface area (Å²) in [4.78, 5) is 22.6. The van der Waals surface area contributed by atoms with Gasteiger partial charge in [0.15, 0.2) is 18.7 Å². The number of pyridine rings is 1. The van der Waals surface area contributed by atoms with Gasteiger partial charge in [-0.15, -0.1) is 0 Å². The molecule has 0 radical (unpaired) electrons. The first-order valence-electron chi connectivity index (χ1n) is 21.2. The number of nitrogens with zero attached hydrogens (tertiary/aromatic N) is 3. The number of esters is 1. The number of carbonyl (C=O) groups is 1. The summed E-state index contributed by atoms with van der Waals surface area (Å²) in [6.07, 6.45) is -6.28. The van der Waals surface area contributed by atoms with Gasteiger partial charge >= 0.3 is 5.97 Å². The number of hydrogen-bond acceptors (Lipinski definition) is 15. The smallest absolute Gasteiger partial charge is 0.311 e. The van der Waals surface area contributed by atoms with Gasteiger partial charge in [0.1, 0.15) is 34.8 Å². The number of methoxy groups -OCH3 is 1. The van der Waals surface area contributed by atoms with Gasteiger partial charge in [0.05, 0.1) is 53.8 Å². The number of aromatic nitrogens is 1. The van der Waals surface area contributed by atoms with Crippen molar-refractivity contribution in [2.24, 2.45) is 17.8 Å². The zero-order valence-electron chi connectivity index (χ0n) is 37.7. The fraction of sp³-hybridized carbons (Fsp3) is 0.860. The Hall–Kier alpha value is -1.73. The normalized spacial score (nSPS) is 45.0. The summed E-state index contributed by atoms with van der Waals surface area (Å²) >= 11 is 6.12. The molecule has 0 saturated carbocycles. The molecular formula is C43H74ClN3O12. The van der Waals surface area contributed by atoms with E-state index in [1.54, 1.807) is 46.8 Å². The van der Waals surface area contributed by atoms with E-state index in [-0.39, 0.29) is 37.3 Å². The van der Waals surface area contributed by atoms with E-state index in [1.165, 1.54) is 20.2 Å². The molecule has 1 aromatic heterocycles. The molecule has 4 N–H and O–H groups in total. The SMILES string of the molecule is CC[C@H]1OC(=O)[C@H](C)[C@@H](O[C@H]2C[C@@](C)(OC)[C@@H](O)[C@H](C)O2)[C@H](C)[C@@H](O[C@@H]2O[C@H](C)C[C@H](N(C)C)[C@H]2Oc2ccc(Cl)nc2)[C@](C)(O)C[C@@H](C)CN(C)[C@H](C)[C@@H](O)[C@]1(C)O. The lowest BCUT2D eigenvalue weighted by molar-refractivity contribution is -0.316. The zero-order valence-corrected chi connectivity index (χ0v) is 38.5. The van der Waals surface area contributed by atoms with Crippen molar-refractivity contribution in [1.29, 1.82) is 0 Å². The van der Waals surface area contributed by atoms with Crippen LogP contribution in [0.25, 0.3) is 0 Å². The van der Waals surface area contributed by atoms with Crippen LogP contribution in [0.1, 0.15) is 94.9 Å². The second kappa shape index (κ2) is 20.2. The second-order valence-electron chi connectivity index (χ2n) is 18.6. The highest BCUT2D eigenvalue weighted by Crippen LogP contribution is 2.40. The summed E-state index contributed by atoms with van der Waals surface area (Å²) in [5.41, 5.74) is -4.43. The third-order valence-corrected chi connectivity index (χ3v) is 13.4. The molecule has 3 aliphatic rings. The van der Waals surface area contributed by atoms with E-state index in [2.05, 4.69) is 9.88 Å². The number of cyclic esters (lactones) is 1. The minimum absolute atomic E-state index is 0.125. The maximum absolute atomic E-state index is 14.4. The molecule has 3 fully saturated rings. The summed E-state index contributed by atoms with van der Waals surface area (Å²) in [7, 11) is 7.29. The highest BCUT2D eigenvalue weighted by atomic mass is 35.5. The topological polar surface area (TPSA) is 182 Å². The average molecular weight is 861 g/mol. The van der Waals surface area contributed by atoms with Crippen LogP contribution in [0.15, 0.2) is 18.3 Å². The average Bonchev–Trinajstić information content (AvgIpc) is 3.16. The number of halogens is 1. The van der Waals surface area contributed by atoms with E-state index in [4.69, 9.17) is 44.8 Å². The molecule has 16 heteroatoms. The van der Waals surface area contributed by atoms with Crippen LogP contribution in [0, 0.1) is 17.8 Å². The summed E-state index contributed by atoms with van der Waals surface area (Å²) < 4.78 is 45.2. The maximum atomic E-state index is 14.4. The van der Waals surface area contributed by atoms with Gasteiger partial charge in [-0.2, -0.15) is 0 Å². The molecule has 0 bridgehead atoms. The summed E-state index contributed by atoms with van der Waals surface area (Å²) in [6.45, 7) is 18.2. The molecule has 59 heavy (non-hydrogen) atoms. The van der Waals surface area contributed by atoms with Crippen molar-refractivity contribution >= 4 is 17.6 Å². The van der Waals surface area contributed by atoms with E-state index in [0.29, 0.717) is 23.9 Å². The Morgan fingerprint density at radius 2 is 1.64 bits per heavy atom. The van der Waals surface area contributed by atoms with Crippen LogP contribution in [-0.2, 0) is 33.2 Å². The number of aliphatic hydroxyl groups is 4. The molecule has 3 aliphatic heterocycles. The first-order chi connectivity index (χ1) is 27.4. The van der Waals surface area contributed by atoms with Crippen molar-refractivity contribution in [2.75, 3.05) is 34.8 Å². The van der Waals surface area contributed by atoms with Crippen LogP contribution in [0.3, 0.4) is 0 Å². The van der Waals surface area contributed by atoms with E-state index >= 15 is 0 Å². The minimum Gasteiger partial charge on any atom is -0.482 e. The van der Waals surface area contributed by atoms with E-state index in [1.807, 2.05) is 53.7 Å². The number of aliphatic hydroxyl groups excluding tert-OH is 2. The van der Waals surface area contributed by atoms with Crippen LogP contribution in [0.4, 0.5) is 0 Å². The highest BCUT2D eigenvalue weighted by molar-refractivity contribution is 6.29. The van der Waals surface area contributed by atoms with Crippen molar-refractivity contribution in [2.45, 2.75) is 185 Å². The molecular weight excluding hydrogens is 786 g/mol. The van der Waals surface area contributed by atoms with Crippen LogP contribution < -0.4 is 4.74 Å². The predicted octanol–water partition coefficient (Wildman–Crippen LogP) is 4.04. The van der Waals surface area contributed by atoms with Crippen LogP contribution in [0.2, 0.25) is 5.15 Å². The van der Waals surface area contributed by atoms with Gasteiger partial charge < -0.3 is 63.4 Å². The minimum atomic E-state index is -1.81. The molecule has 4 heterocycles. The quantitative estimate of drug-likeness (QED) is 0.206. The third kappa shape index (κ3) is 11.7. The molecule has 4 rings (SSSR count). The summed E-state index contributed by atoms with van der Waals surface area (Å²) in [6, 6.07) is 2.63. The molecule has 0 aromatic carbocycles. The van der Waals surface area contributed by atoms with Crippen LogP contribution in [0.5, 0.6) is 5.75 Å². The van der Waals surface area contributed by atoms with Gasteiger partial charge in [-0.3, -0.25) is 4.79 Å². The predicted molar refractivity (Wildman–Crippen MR) is 222 cm³/mol. The molecule has 3 saturated heterocycles. The van der Waals surface area contributed by atoms with E-state index in [9.17, 15) is 25.2 Å². The fourth-order valence-electron chi connectivity index (χ4n) is 9.44. The molecule has 0 spiro atoms. The number of hydrogen-bond donors (Lipinski definition) is 4. The second-order valence-corrected chi connectivity index (χ2v) is 19.0. The van der Waals surface area contributed by atoms with Gasteiger partial charge in [-0.1, -0.05) is 32.4 Å². The van der Waals surface area contributed by atoms with E-state index < -0.39 is 96.0 Å². The largest absolute Gasteiger partial charge is 0.482 e. The Labute approximate surface area is 356 Å². The lowest BCUT2D eigenvalue weighted by Crippen LogP contribution is -2.61. The first-order valence-corrected chi connectivity index (χ1v) is 21.6. The van der Waals surface area contributed by atoms with Crippen molar-refractivity contribution in [1.82, 2.24) is 14.8 Å². The molecule has 340 valence electrons. The van der Waals surface area contributed by atoms with Crippen molar-refractivity contribution < 1.29 is 58.4 Å². The lowest BCUT2D eigenvalue weighted by Gasteiger charge is -2.49. The Morgan fingerprint density at radius 1 is 0.983 bits per heavy atom. The van der Waals surface area contributed by atoms with Crippen LogP contribution in [-0.4, -0.2) is 166 Å². The Morgan fingerprint density at radius 3 is 2.22 bits per heavy atom. The van der Waals surface area contributed by atoms with Gasteiger partial charge in [0.2, 0.25) is 0 Å². The molecule has 18 atom stereocenters. The van der Waals surface area contributed by atoms with Crippen LogP contribution >= 0.6 is 11.6 Å². The molecule has 0 unspecified atom stereocenters. The Kier molecular flexibility index (Phi) is 17.1. The monoisotopic (exact) mass is 859 g/mol. The van der Waals surface area contributed by atoms with Gasteiger partial charge in [0.25, 0.3) is 0 Å². The molecule has 0 amide bonds. The highest BCUT2D eigenvalue weighted by Gasteiger charge is 2.53. The van der Waals surface area contributed by atoms with Gasteiger partial charge in [-0.05, 0) is 107 Å². The first kappa shape index (κ1) is 49.9. The maximum Gasteiger partial charge on any atom is 0.311 e. The summed E-state index contributed by atoms with van der Waals surface area (Å²) in [5, 5.41) is 47.6. The molecule has 0 aliphatic carbocycles. The van der Waals surface area contributed by atoms with Gasteiger partial charge in [0, 0.05) is 32.0 Å². The lowest BCUT2D eigenvalue weighted by atomic mass is 9.77. The molecule has 1 aromatic rings. The van der Waals surface area contributed by atoms with E-state index in [0.717, 1.165) is 0 Å². The van der Waals surface area contributed by atoms with Gasteiger partial charge in [-0.25, -0.2) is 4.98 Å². The number of carbonyl (C=O) groups excluding carboxylic acids is 1. The molecule has 15 nitrogen and oxygen atoms in total. The zero-order chi connectivity index (χ0) is 44.4. The summed E-state index contributed by atoms with van der Waals surface area (Å²) in [5.74, 6) is -2.17. The van der Waals surface area contributed by atoms with Crippen molar-refractivity contribution in [3.8, 4) is 5.75 Å². The Bertz CT molecular complexity index is 1490. The van der Waals surface area contributed by atoms with Crippen molar-refractivity contribution in [3.63, 3.8) is 0 Å². The number of likely N-dealkylation sites (N-methyl/N-ethyl adjacent to an activating group) is 2. The third-order valence-electron chi connectivity index (χ3n) is 13.2.